The highest BCUT2D eigenvalue weighted by molar-refractivity contribution is 5.78. The molecule has 3 rings (SSSR count). The number of nitrogens with one attached hydrogen (secondary N) is 1. The van der Waals surface area contributed by atoms with E-state index in [-0.39, 0.29) is 17.9 Å². The number of nitrogens with zero attached hydrogens (tertiary/aromatic N) is 1. The van der Waals surface area contributed by atoms with Crippen LogP contribution in [0.15, 0.2) is 24.3 Å². The average Bonchev–Trinajstić information content (AvgIpc) is 2.65. The Labute approximate surface area is 145 Å². The Morgan fingerprint density at radius 3 is 2.50 bits per heavy atom. The minimum Gasteiger partial charge on any atom is -0.379 e. The van der Waals surface area contributed by atoms with E-state index in [2.05, 4.69) is 41.4 Å². The zero-order valence-electron chi connectivity index (χ0n) is 14.8. The molecule has 1 aromatic rings. The van der Waals surface area contributed by atoms with Gasteiger partial charge in [0.15, 0.2) is 0 Å². The van der Waals surface area contributed by atoms with Gasteiger partial charge in [-0.25, -0.2) is 0 Å². The number of morpholine rings is 1. The summed E-state index contributed by atoms with van der Waals surface area (Å²) < 4.78 is 5.50. The molecule has 0 bridgehead atoms. The molecular formula is C20H30N2O2. The Kier molecular flexibility index (Phi) is 6.27. The molecule has 0 spiro atoms. The lowest BCUT2D eigenvalue weighted by atomic mass is 9.88. The van der Waals surface area contributed by atoms with Crippen molar-refractivity contribution in [2.45, 2.75) is 45.1 Å². The molecule has 1 atom stereocenters. The van der Waals surface area contributed by atoms with Crippen molar-refractivity contribution in [1.82, 2.24) is 10.2 Å². The van der Waals surface area contributed by atoms with Crippen LogP contribution in [0, 0.1) is 12.8 Å². The SMILES string of the molecule is Cc1ccc(C(CNC(=O)C2CCCCC2)N2CCOCC2)cc1. The maximum atomic E-state index is 12.5. The van der Waals surface area contributed by atoms with Gasteiger partial charge in [0.05, 0.1) is 19.3 Å². The number of benzene rings is 1. The van der Waals surface area contributed by atoms with E-state index in [1.54, 1.807) is 0 Å². The molecule has 1 aliphatic heterocycles. The molecule has 0 radical (unpaired) electrons. The van der Waals surface area contributed by atoms with Gasteiger partial charge >= 0.3 is 0 Å². The summed E-state index contributed by atoms with van der Waals surface area (Å²) in [6.07, 6.45) is 5.78. The second kappa shape index (κ2) is 8.63. The van der Waals surface area contributed by atoms with Gasteiger partial charge in [-0.2, -0.15) is 0 Å². The molecule has 1 unspecified atom stereocenters. The van der Waals surface area contributed by atoms with Gasteiger partial charge < -0.3 is 10.1 Å². The van der Waals surface area contributed by atoms with Crippen molar-refractivity contribution in [2.75, 3.05) is 32.8 Å². The van der Waals surface area contributed by atoms with Crippen LogP contribution in [0.25, 0.3) is 0 Å². The number of aryl methyl sites for hydroxylation is 1. The summed E-state index contributed by atoms with van der Waals surface area (Å²) in [4.78, 5) is 15.0. The zero-order chi connectivity index (χ0) is 16.8. The average molecular weight is 330 g/mol. The first kappa shape index (κ1) is 17.4. The lowest BCUT2D eigenvalue weighted by Gasteiger charge is -2.35. The maximum Gasteiger partial charge on any atom is 0.223 e. The molecule has 1 amide bonds. The molecule has 4 nitrogen and oxygen atoms in total. The minimum atomic E-state index is 0.224. The van der Waals surface area contributed by atoms with Crippen LogP contribution in [-0.4, -0.2) is 43.7 Å². The van der Waals surface area contributed by atoms with Gasteiger partial charge in [0.25, 0.3) is 0 Å². The standard InChI is InChI=1S/C20H30N2O2/c1-16-7-9-17(10-8-16)19(22-11-13-24-14-12-22)15-21-20(23)18-5-3-2-4-6-18/h7-10,18-19H,2-6,11-15H2,1H3,(H,21,23). The first-order valence-corrected chi connectivity index (χ1v) is 9.40. The number of amides is 1. The number of carbonyl (C=O) groups is 1. The van der Waals surface area contributed by atoms with Crippen molar-refractivity contribution in [2.24, 2.45) is 5.92 Å². The fourth-order valence-corrected chi connectivity index (χ4v) is 3.84. The molecule has 2 aliphatic rings. The van der Waals surface area contributed by atoms with Gasteiger partial charge in [0, 0.05) is 25.6 Å². The molecule has 1 N–H and O–H groups in total. The summed E-state index contributed by atoms with van der Waals surface area (Å²) in [6, 6.07) is 8.95. The van der Waals surface area contributed by atoms with Crippen LogP contribution in [0.4, 0.5) is 0 Å². The number of ether oxygens (including phenoxy) is 1. The van der Waals surface area contributed by atoms with E-state index in [1.807, 2.05) is 0 Å². The molecule has 1 saturated carbocycles. The highest BCUT2D eigenvalue weighted by Crippen LogP contribution is 2.25. The van der Waals surface area contributed by atoms with Crippen LogP contribution in [0.1, 0.15) is 49.3 Å². The molecule has 4 heteroatoms. The Morgan fingerprint density at radius 1 is 1.17 bits per heavy atom. The highest BCUT2D eigenvalue weighted by Gasteiger charge is 2.25. The van der Waals surface area contributed by atoms with E-state index in [9.17, 15) is 4.79 Å². The second-order valence-corrected chi connectivity index (χ2v) is 7.15. The van der Waals surface area contributed by atoms with Gasteiger partial charge in [-0.15, -0.1) is 0 Å². The zero-order valence-corrected chi connectivity index (χ0v) is 14.8. The van der Waals surface area contributed by atoms with Gasteiger partial charge in [0.2, 0.25) is 5.91 Å². The predicted molar refractivity (Wildman–Crippen MR) is 95.9 cm³/mol. The normalized spacial score (nSPS) is 21.4. The summed E-state index contributed by atoms with van der Waals surface area (Å²) in [6.45, 7) is 6.21. The van der Waals surface area contributed by atoms with Crippen molar-refractivity contribution < 1.29 is 9.53 Å². The molecule has 0 aromatic heterocycles. The van der Waals surface area contributed by atoms with E-state index >= 15 is 0 Å². The quantitative estimate of drug-likeness (QED) is 0.902. The topological polar surface area (TPSA) is 41.6 Å². The summed E-state index contributed by atoms with van der Waals surface area (Å²) in [5.74, 6) is 0.474. The molecule has 2 fully saturated rings. The van der Waals surface area contributed by atoms with Gasteiger partial charge in [0.1, 0.15) is 0 Å². The van der Waals surface area contributed by atoms with E-state index in [0.717, 1.165) is 39.1 Å². The smallest absolute Gasteiger partial charge is 0.223 e. The Morgan fingerprint density at radius 2 is 1.83 bits per heavy atom. The Balaban J connectivity index is 1.64. The van der Waals surface area contributed by atoms with E-state index < -0.39 is 0 Å². The van der Waals surface area contributed by atoms with Crippen LogP contribution in [0.2, 0.25) is 0 Å². The monoisotopic (exact) mass is 330 g/mol. The molecular weight excluding hydrogens is 300 g/mol. The molecule has 1 heterocycles. The van der Waals surface area contributed by atoms with Crippen LogP contribution in [-0.2, 0) is 9.53 Å². The third-order valence-corrected chi connectivity index (χ3v) is 5.39. The lowest BCUT2D eigenvalue weighted by molar-refractivity contribution is -0.126. The Bertz CT molecular complexity index is 517. The molecule has 1 saturated heterocycles. The van der Waals surface area contributed by atoms with Crippen molar-refractivity contribution >= 4 is 5.91 Å². The van der Waals surface area contributed by atoms with E-state index in [1.165, 1.54) is 30.4 Å². The van der Waals surface area contributed by atoms with Crippen molar-refractivity contribution in [1.29, 1.82) is 0 Å². The number of rotatable bonds is 5. The Hall–Kier alpha value is -1.39. The van der Waals surface area contributed by atoms with Crippen LogP contribution in [0.3, 0.4) is 0 Å². The first-order valence-electron chi connectivity index (χ1n) is 9.40. The number of hydrogen-bond acceptors (Lipinski definition) is 3. The first-order chi connectivity index (χ1) is 11.7. The fraction of sp³-hybridized carbons (Fsp3) is 0.650. The van der Waals surface area contributed by atoms with Crippen LogP contribution in [0.5, 0.6) is 0 Å². The third-order valence-electron chi connectivity index (χ3n) is 5.39. The predicted octanol–water partition coefficient (Wildman–Crippen LogP) is 3.06. The molecule has 1 aliphatic carbocycles. The summed E-state index contributed by atoms with van der Waals surface area (Å²) in [5.41, 5.74) is 2.55. The minimum absolute atomic E-state index is 0.224. The largest absolute Gasteiger partial charge is 0.379 e. The molecule has 24 heavy (non-hydrogen) atoms. The van der Waals surface area contributed by atoms with E-state index in [0.29, 0.717) is 6.54 Å². The van der Waals surface area contributed by atoms with Gasteiger partial charge in [-0.3, -0.25) is 9.69 Å². The van der Waals surface area contributed by atoms with Gasteiger partial charge in [-0.1, -0.05) is 49.1 Å². The number of carbonyl (C=O) groups excluding carboxylic acids is 1. The second-order valence-electron chi connectivity index (χ2n) is 7.15. The lowest BCUT2D eigenvalue weighted by Crippen LogP contribution is -2.44. The van der Waals surface area contributed by atoms with Crippen molar-refractivity contribution in [3.05, 3.63) is 35.4 Å². The maximum absolute atomic E-state index is 12.5. The third kappa shape index (κ3) is 4.58. The van der Waals surface area contributed by atoms with Crippen molar-refractivity contribution in [3.8, 4) is 0 Å². The van der Waals surface area contributed by atoms with Crippen molar-refractivity contribution in [3.63, 3.8) is 0 Å². The summed E-state index contributed by atoms with van der Waals surface area (Å²) in [5, 5.41) is 3.24. The van der Waals surface area contributed by atoms with Crippen LogP contribution >= 0.6 is 0 Å². The van der Waals surface area contributed by atoms with Crippen LogP contribution < -0.4 is 5.32 Å². The highest BCUT2D eigenvalue weighted by atomic mass is 16.5. The van der Waals surface area contributed by atoms with Gasteiger partial charge in [-0.05, 0) is 25.3 Å². The fourth-order valence-electron chi connectivity index (χ4n) is 3.84. The van der Waals surface area contributed by atoms with E-state index in [4.69, 9.17) is 4.74 Å². The number of hydrogen-bond donors (Lipinski definition) is 1. The summed E-state index contributed by atoms with van der Waals surface area (Å²) >= 11 is 0. The summed E-state index contributed by atoms with van der Waals surface area (Å²) in [7, 11) is 0. The molecule has 1 aromatic carbocycles. The molecule has 132 valence electrons.